The zero-order valence-corrected chi connectivity index (χ0v) is 15.5. The van der Waals surface area contributed by atoms with Gasteiger partial charge in [0.15, 0.2) is 5.82 Å². The lowest BCUT2D eigenvalue weighted by Gasteiger charge is -2.18. The molecule has 0 N–H and O–H groups in total. The molecule has 2 aromatic carbocycles. The van der Waals surface area contributed by atoms with E-state index >= 15 is 0 Å². The number of halogens is 1. The van der Waals surface area contributed by atoms with Gasteiger partial charge >= 0.3 is 0 Å². The van der Waals surface area contributed by atoms with E-state index in [4.69, 9.17) is 0 Å². The van der Waals surface area contributed by atoms with Gasteiger partial charge in [0, 0.05) is 19.0 Å². The summed E-state index contributed by atoms with van der Waals surface area (Å²) in [5.41, 5.74) is 4.95. The number of rotatable bonds is 5. The van der Waals surface area contributed by atoms with Gasteiger partial charge in [-0.25, -0.2) is 14.4 Å². The van der Waals surface area contributed by atoms with E-state index in [-0.39, 0.29) is 18.3 Å². The van der Waals surface area contributed by atoms with Crippen LogP contribution in [-0.2, 0) is 17.9 Å². The minimum absolute atomic E-state index is 0.0844. The number of hydrogen-bond acceptors (Lipinski definition) is 4. The van der Waals surface area contributed by atoms with E-state index in [1.807, 2.05) is 34.2 Å². The van der Waals surface area contributed by atoms with Gasteiger partial charge in [-0.3, -0.25) is 4.79 Å². The molecule has 5 nitrogen and oxygen atoms in total. The Hall–Kier alpha value is -3.06. The summed E-state index contributed by atoms with van der Waals surface area (Å²) < 4.78 is 15.3. The Morgan fingerprint density at radius 1 is 1.22 bits per heavy atom. The average Bonchev–Trinajstić information content (AvgIpc) is 3.30. The molecule has 0 saturated carbocycles. The quantitative estimate of drug-likeness (QED) is 0.527. The largest absolute Gasteiger partial charge is 0.340 e. The number of nitrogens with zero attached hydrogens (tertiary/aromatic N) is 4. The molecule has 4 aromatic rings. The maximum Gasteiger partial charge on any atom is 0.242 e. The molecule has 0 unspecified atom stereocenters. The molecule has 0 bridgehead atoms. The molecule has 1 amide bonds. The van der Waals surface area contributed by atoms with Gasteiger partial charge in [-0.15, -0.1) is 11.3 Å². The van der Waals surface area contributed by atoms with Gasteiger partial charge in [0.2, 0.25) is 5.91 Å². The maximum absolute atomic E-state index is 13.4. The highest BCUT2D eigenvalue weighted by molar-refractivity contribution is 7.07. The van der Waals surface area contributed by atoms with Gasteiger partial charge in [-0.05, 0) is 29.8 Å². The summed E-state index contributed by atoms with van der Waals surface area (Å²) in [5.74, 6) is 0.281. The number of fused-ring (bicyclic) bond motifs is 1. The number of carbonyl (C=O) groups is 1. The number of aromatic nitrogens is 3. The number of likely N-dealkylation sites (N-methyl/N-ethyl adjacent to an activating group) is 1. The second-order valence-corrected chi connectivity index (χ2v) is 6.98. The molecule has 0 radical (unpaired) electrons. The molecule has 7 heteroatoms. The Balaban J connectivity index is 1.62. The van der Waals surface area contributed by atoms with Crippen molar-refractivity contribution < 1.29 is 9.18 Å². The van der Waals surface area contributed by atoms with E-state index < -0.39 is 0 Å². The highest BCUT2D eigenvalue weighted by Crippen LogP contribution is 2.24. The molecule has 0 aliphatic carbocycles. The van der Waals surface area contributed by atoms with Gasteiger partial charge < -0.3 is 9.47 Å². The molecule has 136 valence electrons. The standard InChI is InChI=1S/C20H17FN4OS/c1-24(10-14-5-4-6-15(21)9-14)19(26)11-25-18-8-3-2-7-16(18)23-20(25)17-12-27-13-22-17/h2-9,12-13H,10-11H2,1H3. The van der Waals surface area contributed by atoms with Gasteiger partial charge in [0.05, 0.1) is 16.5 Å². The summed E-state index contributed by atoms with van der Waals surface area (Å²) in [6.45, 7) is 0.481. The zero-order chi connectivity index (χ0) is 18.8. The van der Waals surface area contributed by atoms with Crippen molar-refractivity contribution in [2.75, 3.05) is 7.05 Å². The maximum atomic E-state index is 13.4. The summed E-state index contributed by atoms with van der Waals surface area (Å²) in [5, 5.41) is 1.92. The summed E-state index contributed by atoms with van der Waals surface area (Å²) >= 11 is 1.49. The fourth-order valence-electron chi connectivity index (χ4n) is 3.01. The molecular formula is C20H17FN4OS. The van der Waals surface area contributed by atoms with Crippen LogP contribution in [0.15, 0.2) is 59.4 Å². The molecule has 0 spiro atoms. The minimum Gasteiger partial charge on any atom is -0.340 e. The number of thiazole rings is 1. The highest BCUT2D eigenvalue weighted by Gasteiger charge is 2.18. The third-order valence-electron chi connectivity index (χ3n) is 4.34. The van der Waals surface area contributed by atoms with Crippen LogP contribution in [0.25, 0.3) is 22.6 Å². The number of amides is 1. The lowest BCUT2D eigenvalue weighted by Crippen LogP contribution is -2.30. The first-order chi connectivity index (χ1) is 13.1. The lowest BCUT2D eigenvalue weighted by atomic mass is 10.2. The number of benzene rings is 2. The first kappa shape index (κ1) is 17.4. The van der Waals surface area contributed by atoms with E-state index in [0.29, 0.717) is 12.4 Å². The summed E-state index contributed by atoms with van der Waals surface area (Å²) in [4.78, 5) is 23.4. The van der Waals surface area contributed by atoms with Crippen LogP contribution in [0.3, 0.4) is 0 Å². The minimum atomic E-state index is -0.306. The first-order valence-electron chi connectivity index (χ1n) is 8.44. The van der Waals surface area contributed by atoms with Crippen LogP contribution in [0.1, 0.15) is 5.56 Å². The van der Waals surface area contributed by atoms with Crippen molar-refractivity contribution in [3.8, 4) is 11.5 Å². The SMILES string of the molecule is CN(Cc1cccc(F)c1)C(=O)Cn1c(-c2cscn2)nc2ccccc21. The number of imidazole rings is 1. The van der Waals surface area contributed by atoms with E-state index in [1.165, 1.54) is 23.5 Å². The molecule has 0 fully saturated rings. The smallest absolute Gasteiger partial charge is 0.242 e. The topological polar surface area (TPSA) is 51.0 Å². The van der Waals surface area contributed by atoms with Crippen LogP contribution in [0.5, 0.6) is 0 Å². The second-order valence-electron chi connectivity index (χ2n) is 6.26. The number of para-hydroxylation sites is 2. The summed E-state index contributed by atoms with van der Waals surface area (Å²) in [6.07, 6.45) is 0. The average molecular weight is 380 g/mol. The number of hydrogen-bond donors (Lipinski definition) is 0. The van der Waals surface area contributed by atoms with Crippen molar-refractivity contribution in [2.45, 2.75) is 13.1 Å². The summed E-state index contributed by atoms with van der Waals surface area (Å²) in [6, 6.07) is 14.0. The van der Waals surface area contributed by atoms with Crippen LogP contribution >= 0.6 is 11.3 Å². The summed E-state index contributed by atoms with van der Waals surface area (Å²) in [7, 11) is 1.72. The molecule has 4 rings (SSSR count). The molecule has 0 aliphatic rings. The molecule has 0 saturated heterocycles. The van der Waals surface area contributed by atoms with Crippen LogP contribution < -0.4 is 0 Å². The van der Waals surface area contributed by atoms with Crippen molar-refractivity contribution in [3.05, 3.63) is 70.8 Å². The molecule has 0 atom stereocenters. The van der Waals surface area contributed by atoms with Crippen LogP contribution in [0, 0.1) is 5.82 Å². The highest BCUT2D eigenvalue weighted by atomic mass is 32.1. The van der Waals surface area contributed by atoms with Crippen LogP contribution in [0.2, 0.25) is 0 Å². The van der Waals surface area contributed by atoms with Crippen molar-refractivity contribution in [2.24, 2.45) is 0 Å². The Morgan fingerprint density at radius 2 is 2.07 bits per heavy atom. The van der Waals surface area contributed by atoms with Gasteiger partial charge in [-0.1, -0.05) is 24.3 Å². The van der Waals surface area contributed by atoms with E-state index in [2.05, 4.69) is 9.97 Å². The van der Waals surface area contributed by atoms with Gasteiger partial charge in [0.1, 0.15) is 18.1 Å². The van der Waals surface area contributed by atoms with Crippen LogP contribution in [0.4, 0.5) is 4.39 Å². The second kappa shape index (κ2) is 7.28. The Kier molecular flexibility index (Phi) is 4.68. The molecular weight excluding hydrogens is 363 g/mol. The fraction of sp³-hybridized carbons (Fsp3) is 0.150. The number of carbonyl (C=O) groups excluding carboxylic acids is 1. The lowest BCUT2D eigenvalue weighted by molar-refractivity contribution is -0.130. The van der Waals surface area contributed by atoms with Crippen molar-refractivity contribution in [3.63, 3.8) is 0 Å². The predicted octanol–water partition coefficient (Wildman–Crippen LogP) is 3.96. The fourth-order valence-corrected chi connectivity index (χ4v) is 3.54. The van der Waals surface area contributed by atoms with E-state index in [1.54, 1.807) is 29.6 Å². The zero-order valence-electron chi connectivity index (χ0n) is 14.7. The Bertz CT molecular complexity index is 1090. The van der Waals surface area contributed by atoms with Crippen molar-refractivity contribution in [1.82, 2.24) is 19.4 Å². The molecule has 0 aliphatic heterocycles. The normalized spacial score (nSPS) is 11.0. The predicted molar refractivity (Wildman–Crippen MR) is 104 cm³/mol. The molecule has 27 heavy (non-hydrogen) atoms. The van der Waals surface area contributed by atoms with Crippen LogP contribution in [-0.4, -0.2) is 32.4 Å². The monoisotopic (exact) mass is 380 g/mol. The molecule has 2 heterocycles. The Labute approximate surface area is 159 Å². The first-order valence-corrected chi connectivity index (χ1v) is 9.38. The third-order valence-corrected chi connectivity index (χ3v) is 4.93. The van der Waals surface area contributed by atoms with Gasteiger partial charge in [-0.2, -0.15) is 0 Å². The molecule has 2 aromatic heterocycles. The Morgan fingerprint density at radius 3 is 2.85 bits per heavy atom. The van der Waals surface area contributed by atoms with Crippen molar-refractivity contribution in [1.29, 1.82) is 0 Å². The van der Waals surface area contributed by atoms with E-state index in [0.717, 1.165) is 22.3 Å². The van der Waals surface area contributed by atoms with Gasteiger partial charge in [0.25, 0.3) is 0 Å². The third kappa shape index (κ3) is 3.59. The van der Waals surface area contributed by atoms with Crippen molar-refractivity contribution >= 4 is 28.3 Å². The van der Waals surface area contributed by atoms with E-state index in [9.17, 15) is 9.18 Å².